The maximum Gasteiger partial charge on any atom is 0.295 e. The number of amides is 2. The summed E-state index contributed by atoms with van der Waals surface area (Å²) in [7, 11) is 0. The Morgan fingerprint density at radius 1 is 1.38 bits per heavy atom. The molecule has 108 valence electrons. The van der Waals surface area contributed by atoms with Crippen LogP contribution in [0.3, 0.4) is 0 Å². The van der Waals surface area contributed by atoms with Crippen LogP contribution in [0, 0.1) is 12.7 Å². The molecular weight excluding hydrogens is 277 g/mol. The number of aryl methyl sites for hydroxylation is 2. The van der Waals surface area contributed by atoms with Crippen molar-refractivity contribution in [2.24, 2.45) is 0 Å². The molecule has 2 heterocycles. The number of nitrogens with one attached hydrogen (secondary N) is 3. The minimum Gasteiger partial charge on any atom is -0.326 e. The monoisotopic (exact) mass is 289 g/mol. The highest BCUT2D eigenvalue weighted by Crippen LogP contribution is 2.28. The van der Waals surface area contributed by atoms with E-state index < -0.39 is 11.7 Å². The van der Waals surface area contributed by atoms with E-state index in [0.29, 0.717) is 29.9 Å². The minimum absolute atomic E-state index is 0.0246. The van der Waals surface area contributed by atoms with Crippen LogP contribution < -0.4 is 10.6 Å². The zero-order valence-electron chi connectivity index (χ0n) is 11.2. The Bertz CT molecular complexity index is 740. The van der Waals surface area contributed by atoms with Gasteiger partial charge in [0.05, 0.1) is 5.69 Å². The first kappa shape index (κ1) is 13.2. The van der Waals surface area contributed by atoms with E-state index in [-0.39, 0.29) is 17.4 Å². The van der Waals surface area contributed by atoms with Gasteiger partial charge in [-0.3, -0.25) is 14.7 Å². The molecule has 0 fully saturated rings. The molecule has 2 aromatic rings. The van der Waals surface area contributed by atoms with Crippen LogP contribution in [0.25, 0.3) is 0 Å². The van der Waals surface area contributed by atoms with Crippen molar-refractivity contribution < 1.29 is 14.0 Å². The Morgan fingerprint density at radius 3 is 2.90 bits per heavy atom. The first-order valence-corrected chi connectivity index (χ1v) is 6.35. The van der Waals surface area contributed by atoms with E-state index in [4.69, 9.17) is 0 Å². The van der Waals surface area contributed by atoms with Crippen molar-refractivity contribution >= 4 is 23.2 Å². The predicted molar refractivity (Wildman–Crippen MR) is 72.4 cm³/mol. The number of nitrogens with zero attached hydrogens (tertiary/aromatic N) is 2. The summed E-state index contributed by atoms with van der Waals surface area (Å²) in [6.45, 7) is 1.65. The zero-order chi connectivity index (χ0) is 15.0. The third-order valence-corrected chi connectivity index (χ3v) is 3.14. The summed E-state index contributed by atoms with van der Waals surface area (Å²) in [5, 5.41) is 11.3. The number of fused-ring (bicyclic) bond motifs is 1. The van der Waals surface area contributed by atoms with Crippen LogP contribution in [0.5, 0.6) is 0 Å². The maximum atomic E-state index is 14.0. The lowest BCUT2D eigenvalue weighted by atomic mass is 10.0. The van der Waals surface area contributed by atoms with Crippen molar-refractivity contribution in [1.29, 1.82) is 0 Å². The average molecular weight is 289 g/mol. The van der Waals surface area contributed by atoms with E-state index in [1.807, 2.05) is 0 Å². The number of aromatic nitrogens is 3. The van der Waals surface area contributed by atoms with Crippen molar-refractivity contribution in [3.63, 3.8) is 0 Å². The number of hydrogen-bond acceptors (Lipinski definition) is 4. The molecule has 3 N–H and O–H groups in total. The third-order valence-electron chi connectivity index (χ3n) is 3.14. The molecule has 0 bridgehead atoms. The minimum atomic E-state index is -0.625. The van der Waals surface area contributed by atoms with E-state index in [9.17, 15) is 14.0 Å². The van der Waals surface area contributed by atoms with E-state index in [2.05, 4.69) is 25.8 Å². The number of halogens is 1. The molecule has 0 saturated heterocycles. The van der Waals surface area contributed by atoms with E-state index in [1.165, 1.54) is 12.1 Å². The van der Waals surface area contributed by atoms with Gasteiger partial charge in [-0.15, -0.1) is 5.10 Å². The normalized spacial score (nSPS) is 13.5. The lowest BCUT2D eigenvalue weighted by Crippen LogP contribution is -2.20. The number of H-pyrrole nitrogens is 1. The van der Waals surface area contributed by atoms with E-state index in [0.717, 1.165) is 0 Å². The van der Waals surface area contributed by atoms with Gasteiger partial charge in [-0.1, -0.05) is 0 Å². The summed E-state index contributed by atoms with van der Waals surface area (Å²) in [4.78, 5) is 27.1. The lowest BCUT2D eigenvalue weighted by Gasteiger charge is -2.18. The number of carbonyl (C=O) groups excluding carboxylic acids is 2. The summed E-state index contributed by atoms with van der Waals surface area (Å²) >= 11 is 0. The van der Waals surface area contributed by atoms with Gasteiger partial charge in [0, 0.05) is 12.1 Å². The van der Waals surface area contributed by atoms with Crippen molar-refractivity contribution in [3.05, 3.63) is 35.2 Å². The smallest absolute Gasteiger partial charge is 0.295 e. The Balaban J connectivity index is 1.87. The van der Waals surface area contributed by atoms with Gasteiger partial charge in [0.25, 0.3) is 5.91 Å². The average Bonchev–Trinajstić information content (AvgIpc) is 2.87. The van der Waals surface area contributed by atoms with Crippen molar-refractivity contribution in [2.45, 2.75) is 19.8 Å². The highest BCUT2D eigenvalue weighted by molar-refractivity contribution is 6.02. The highest BCUT2D eigenvalue weighted by Gasteiger charge is 2.19. The first-order valence-electron chi connectivity index (χ1n) is 6.35. The van der Waals surface area contributed by atoms with Crippen LogP contribution in [-0.2, 0) is 11.2 Å². The molecule has 8 heteroatoms. The summed E-state index contributed by atoms with van der Waals surface area (Å²) < 4.78 is 14.0. The molecule has 21 heavy (non-hydrogen) atoms. The Kier molecular flexibility index (Phi) is 3.13. The fraction of sp³-hybridized carbons (Fsp3) is 0.231. The summed E-state index contributed by atoms with van der Waals surface area (Å²) in [6, 6.07) is 2.72. The van der Waals surface area contributed by atoms with Gasteiger partial charge in [-0.2, -0.15) is 0 Å². The number of rotatable bonds is 2. The van der Waals surface area contributed by atoms with Gasteiger partial charge >= 0.3 is 0 Å². The van der Waals surface area contributed by atoms with Crippen LogP contribution in [0.1, 0.15) is 28.4 Å². The summed E-state index contributed by atoms with van der Waals surface area (Å²) in [6.07, 6.45) is 0.807. The lowest BCUT2D eigenvalue weighted by molar-refractivity contribution is -0.116. The number of carbonyl (C=O) groups is 2. The molecule has 0 saturated carbocycles. The predicted octanol–water partition coefficient (Wildman–Crippen LogP) is 1.39. The maximum absolute atomic E-state index is 14.0. The first-order chi connectivity index (χ1) is 10.0. The molecular formula is C13H12FN5O2. The molecule has 0 aliphatic carbocycles. The van der Waals surface area contributed by atoms with Crippen LogP contribution in [0.15, 0.2) is 12.1 Å². The molecule has 7 nitrogen and oxygen atoms in total. The number of hydrogen-bond donors (Lipinski definition) is 3. The molecule has 0 radical (unpaired) electrons. The molecule has 0 spiro atoms. The summed E-state index contributed by atoms with van der Waals surface area (Å²) in [5.74, 6) is -0.909. The number of benzene rings is 1. The molecule has 1 aromatic carbocycles. The fourth-order valence-corrected chi connectivity index (χ4v) is 2.12. The molecule has 1 aliphatic rings. The Labute approximate surface area is 119 Å². The van der Waals surface area contributed by atoms with Gasteiger partial charge < -0.3 is 10.6 Å². The second kappa shape index (κ2) is 4.97. The van der Waals surface area contributed by atoms with Crippen molar-refractivity contribution in [1.82, 2.24) is 15.2 Å². The molecule has 1 aliphatic heterocycles. The van der Waals surface area contributed by atoms with E-state index >= 15 is 0 Å². The Morgan fingerprint density at radius 2 is 2.19 bits per heavy atom. The number of anilines is 2. The highest BCUT2D eigenvalue weighted by atomic mass is 19.1. The fourth-order valence-electron chi connectivity index (χ4n) is 2.12. The topological polar surface area (TPSA) is 99.8 Å². The van der Waals surface area contributed by atoms with Crippen molar-refractivity contribution in [3.8, 4) is 0 Å². The molecule has 1 aromatic heterocycles. The van der Waals surface area contributed by atoms with Crippen LogP contribution in [0.4, 0.5) is 15.8 Å². The largest absolute Gasteiger partial charge is 0.326 e. The van der Waals surface area contributed by atoms with E-state index in [1.54, 1.807) is 6.92 Å². The van der Waals surface area contributed by atoms with Gasteiger partial charge in [0.1, 0.15) is 11.6 Å². The Hall–Kier alpha value is -2.77. The zero-order valence-corrected chi connectivity index (χ0v) is 11.2. The quantitative estimate of drug-likeness (QED) is 0.777. The van der Waals surface area contributed by atoms with Gasteiger partial charge in [0.2, 0.25) is 11.7 Å². The van der Waals surface area contributed by atoms with Gasteiger partial charge in [0.15, 0.2) is 0 Å². The molecule has 2 amide bonds. The van der Waals surface area contributed by atoms with Gasteiger partial charge in [-0.25, -0.2) is 9.37 Å². The second-order valence-electron chi connectivity index (χ2n) is 4.74. The summed E-state index contributed by atoms with van der Waals surface area (Å²) in [5.41, 5.74) is 1.19. The SMILES string of the molecule is Cc1nc(C(=O)Nc2cc3c(cc2F)CCC(=O)N3)n[nH]1. The van der Waals surface area contributed by atoms with Crippen LogP contribution >= 0.6 is 0 Å². The van der Waals surface area contributed by atoms with Crippen LogP contribution in [0.2, 0.25) is 0 Å². The standard InChI is InChI=1S/C13H12FN5O2/c1-6-15-12(19-18-6)13(21)17-10-5-9-7(4-8(10)14)2-3-11(20)16-9/h4-5H,2-3H2,1H3,(H,16,20)(H,17,21)(H,15,18,19). The number of aromatic amines is 1. The molecule has 3 rings (SSSR count). The molecule has 0 unspecified atom stereocenters. The third kappa shape index (κ3) is 2.60. The second-order valence-corrected chi connectivity index (χ2v) is 4.74. The molecule has 0 atom stereocenters. The van der Waals surface area contributed by atoms with Crippen LogP contribution in [-0.4, -0.2) is 27.0 Å². The van der Waals surface area contributed by atoms with Crippen molar-refractivity contribution in [2.75, 3.05) is 10.6 Å². The van der Waals surface area contributed by atoms with Gasteiger partial charge in [-0.05, 0) is 31.0 Å².